The second-order valence-corrected chi connectivity index (χ2v) is 3.64. The first kappa shape index (κ1) is 11.0. The lowest BCUT2D eigenvalue weighted by Gasteiger charge is -2.16. The number of aliphatic hydroxyl groups is 1. The van der Waals surface area contributed by atoms with Gasteiger partial charge in [0.2, 0.25) is 0 Å². The van der Waals surface area contributed by atoms with E-state index in [0.717, 1.165) is 12.8 Å². The summed E-state index contributed by atoms with van der Waals surface area (Å²) in [5.74, 6) is 0.588. The molecule has 0 saturated heterocycles. The van der Waals surface area contributed by atoms with Crippen molar-refractivity contribution in [1.82, 2.24) is 5.32 Å². The Morgan fingerprint density at radius 2 is 2.29 bits per heavy atom. The van der Waals surface area contributed by atoms with Crippen molar-refractivity contribution in [2.24, 2.45) is 0 Å². The Hall–Kier alpha value is -1.09. The summed E-state index contributed by atoms with van der Waals surface area (Å²) >= 11 is 0. The van der Waals surface area contributed by atoms with Gasteiger partial charge in [0.05, 0.1) is 11.8 Å². The summed E-state index contributed by atoms with van der Waals surface area (Å²) in [6.07, 6.45) is 5.92. The predicted octanol–water partition coefficient (Wildman–Crippen LogP) is 1.72. The van der Waals surface area contributed by atoms with Gasteiger partial charge in [-0.1, -0.05) is 11.6 Å². The second-order valence-electron chi connectivity index (χ2n) is 3.64. The maximum absolute atomic E-state index is 11.2. The zero-order valence-corrected chi connectivity index (χ0v) is 8.71. The van der Waals surface area contributed by atoms with Crippen molar-refractivity contribution in [3.63, 3.8) is 0 Å². The fourth-order valence-corrected chi connectivity index (χ4v) is 1.55. The molecule has 1 aliphatic carbocycles. The van der Waals surface area contributed by atoms with Crippen molar-refractivity contribution < 1.29 is 9.90 Å². The smallest absolute Gasteiger partial charge is 0.146 e. The molecule has 3 heteroatoms. The van der Waals surface area contributed by atoms with E-state index in [0.29, 0.717) is 12.2 Å². The van der Waals surface area contributed by atoms with Crippen LogP contribution in [0.3, 0.4) is 0 Å². The summed E-state index contributed by atoms with van der Waals surface area (Å²) in [5, 5.41) is 12.1. The van der Waals surface area contributed by atoms with Crippen LogP contribution < -0.4 is 5.32 Å². The first-order chi connectivity index (χ1) is 6.63. The predicted molar refractivity (Wildman–Crippen MR) is 56.2 cm³/mol. The molecule has 1 rings (SSSR count). The highest BCUT2D eigenvalue weighted by molar-refractivity contribution is 5.81. The number of likely N-dealkylation sites (N-methyl/N-ethyl adjacent to an activating group) is 1. The van der Waals surface area contributed by atoms with E-state index in [1.807, 2.05) is 6.08 Å². The molecule has 0 bridgehead atoms. The molecule has 0 spiro atoms. The Labute approximate surface area is 84.5 Å². The van der Waals surface area contributed by atoms with Gasteiger partial charge < -0.3 is 10.4 Å². The first-order valence-corrected chi connectivity index (χ1v) is 4.88. The fourth-order valence-electron chi connectivity index (χ4n) is 1.55. The van der Waals surface area contributed by atoms with Crippen LogP contribution in [0.5, 0.6) is 0 Å². The van der Waals surface area contributed by atoms with Crippen LogP contribution in [0.15, 0.2) is 23.5 Å². The molecule has 0 heterocycles. The summed E-state index contributed by atoms with van der Waals surface area (Å²) in [5.41, 5.74) is 1.22. The Morgan fingerprint density at radius 1 is 1.57 bits per heavy atom. The highest BCUT2D eigenvalue weighted by atomic mass is 16.3. The molecule has 2 N–H and O–H groups in total. The number of hydrogen-bond donors (Lipinski definition) is 2. The largest absolute Gasteiger partial charge is 0.512 e. The van der Waals surface area contributed by atoms with E-state index in [-0.39, 0.29) is 11.8 Å². The Kier molecular flexibility index (Phi) is 3.89. The van der Waals surface area contributed by atoms with Crippen molar-refractivity contribution in [2.75, 3.05) is 7.05 Å². The van der Waals surface area contributed by atoms with Crippen LogP contribution in [0.1, 0.15) is 26.2 Å². The van der Waals surface area contributed by atoms with Crippen LogP contribution in [0, 0.1) is 0 Å². The van der Waals surface area contributed by atoms with E-state index in [2.05, 4.69) is 5.32 Å². The number of nitrogens with one attached hydrogen (secondary N) is 1. The van der Waals surface area contributed by atoms with Gasteiger partial charge in [0.1, 0.15) is 5.78 Å². The number of carbonyl (C=O) groups excluding carboxylic acids is 1. The highest BCUT2D eigenvalue weighted by Gasteiger charge is 2.15. The van der Waals surface area contributed by atoms with Gasteiger partial charge in [-0.2, -0.15) is 0 Å². The fraction of sp³-hybridized carbons (Fsp3) is 0.545. The lowest BCUT2D eigenvalue weighted by Crippen LogP contribution is -2.32. The van der Waals surface area contributed by atoms with E-state index in [4.69, 9.17) is 5.11 Å². The van der Waals surface area contributed by atoms with Gasteiger partial charge >= 0.3 is 0 Å². The molecule has 1 aliphatic rings. The Balaban J connectivity index is 2.55. The van der Waals surface area contributed by atoms with Crippen LogP contribution in [0.25, 0.3) is 0 Å². The van der Waals surface area contributed by atoms with E-state index in [1.165, 1.54) is 5.57 Å². The number of allylic oxidation sites excluding steroid dienone is 3. The summed E-state index contributed by atoms with van der Waals surface area (Å²) in [6, 6.07) is -0.0881. The van der Waals surface area contributed by atoms with Crippen molar-refractivity contribution in [2.45, 2.75) is 32.2 Å². The number of hydrogen-bond acceptors (Lipinski definition) is 3. The van der Waals surface area contributed by atoms with Crippen molar-refractivity contribution in [3.05, 3.63) is 23.5 Å². The molecule has 0 aliphatic heterocycles. The Morgan fingerprint density at radius 3 is 2.71 bits per heavy atom. The second kappa shape index (κ2) is 4.96. The normalized spacial score (nSPS) is 18.4. The lowest BCUT2D eigenvalue weighted by molar-refractivity contribution is -0.118. The average molecular weight is 195 g/mol. The number of Topliss-reactive ketones (excluding diaryl/α,β-unsaturated/α-hetero) is 1. The van der Waals surface area contributed by atoms with Crippen LogP contribution in [-0.4, -0.2) is 24.0 Å². The number of aliphatic hydroxyl groups excluding tert-OH is 1. The molecule has 1 atom stereocenters. The van der Waals surface area contributed by atoms with Gasteiger partial charge in [-0.05, 0) is 32.9 Å². The number of ketones is 1. The van der Waals surface area contributed by atoms with E-state index in [9.17, 15) is 4.79 Å². The van der Waals surface area contributed by atoms with Crippen molar-refractivity contribution in [3.8, 4) is 0 Å². The quantitative estimate of drug-likeness (QED) is 0.718. The van der Waals surface area contributed by atoms with Crippen molar-refractivity contribution >= 4 is 5.78 Å². The minimum absolute atomic E-state index is 0.0881. The van der Waals surface area contributed by atoms with Crippen LogP contribution >= 0.6 is 0 Å². The van der Waals surface area contributed by atoms with Crippen LogP contribution in [-0.2, 0) is 4.79 Å². The van der Waals surface area contributed by atoms with E-state index in [1.54, 1.807) is 20.0 Å². The number of rotatable bonds is 4. The van der Waals surface area contributed by atoms with Gasteiger partial charge in [0, 0.05) is 6.42 Å². The van der Waals surface area contributed by atoms with Gasteiger partial charge in [0.15, 0.2) is 0 Å². The molecule has 14 heavy (non-hydrogen) atoms. The van der Waals surface area contributed by atoms with Crippen LogP contribution in [0.4, 0.5) is 0 Å². The zero-order valence-electron chi connectivity index (χ0n) is 8.71. The SMILES string of the molecule is CNC(CC1=CC=C(O)CC1)C(C)=O. The van der Waals surface area contributed by atoms with E-state index < -0.39 is 0 Å². The summed E-state index contributed by atoms with van der Waals surface area (Å²) in [6.45, 7) is 1.60. The van der Waals surface area contributed by atoms with Gasteiger partial charge in [-0.3, -0.25) is 4.79 Å². The number of carbonyl (C=O) groups is 1. The maximum Gasteiger partial charge on any atom is 0.146 e. The van der Waals surface area contributed by atoms with E-state index >= 15 is 0 Å². The van der Waals surface area contributed by atoms with Gasteiger partial charge in [-0.15, -0.1) is 0 Å². The Bertz CT molecular complexity index is 279. The molecule has 3 nitrogen and oxygen atoms in total. The molecule has 0 aromatic heterocycles. The monoisotopic (exact) mass is 195 g/mol. The minimum Gasteiger partial charge on any atom is -0.512 e. The molecule has 0 aromatic rings. The topological polar surface area (TPSA) is 49.3 Å². The average Bonchev–Trinajstić information content (AvgIpc) is 2.16. The molecule has 0 amide bonds. The standard InChI is InChI=1S/C11H17NO2/c1-8(13)11(12-2)7-9-3-5-10(14)6-4-9/h3,5,11-12,14H,4,6-7H2,1-2H3. The minimum atomic E-state index is -0.0881. The van der Waals surface area contributed by atoms with Gasteiger partial charge in [0.25, 0.3) is 0 Å². The summed E-state index contributed by atoms with van der Waals surface area (Å²) in [4.78, 5) is 11.2. The molecule has 0 saturated carbocycles. The molecule has 0 radical (unpaired) electrons. The maximum atomic E-state index is 11.2. The highest BCUT2D eigenvalue weighted by Crippen LogP contribution is 2.20. The first-order valence-electron chi connectivity index (χ1n) is 4.88. The van der Waals surface area contributed by atoms with Crippen molar-refractivity contribution in [1.29, 1.82) is 0 Å². The summed E-state index contributed by atoms with van der Waals surface area (Å²) in [7, 11) is 1.79. The molecular formula is C11H17NO2. The molecule has 78 valence electrons. The molecule has 0 fully saturated rings. The lowest BCUT2D eigenvalue weighted by atomic mass is 9.96. The molecule has 0 aromatic carbocycles. The zero-order chi connectivity index (χ0) is 10.6. The van der Waals surface area contributed by atoms with Gasteiger partial charge in [-0.25, -0.2) is 0 Å². The third-order valence-electron chi connectivity index (χ3n) is 2.52. The third-order valence-corrected chi connectivity index (χ3v) is 2.52. The molecule has 1 unspecified atom stereocenters. The van der Waals surface area contributed by atoms with Crippen LogP contribution in [0.2, 0.25) is 0 Å². The summed E-state index contributed by atoms with van der Waals surface area (Å²) < 4.78 is 0. The molecular weight excluding hydrogens is 178 g/mol. The third kappa shape index (κ3) is 3.00.